The predicted molar refractivity (Wildman–Crippen MR) is 121 cm³/mol. The molecule has 0 radical (unpaired) electrons. The molecule has 29 heavy (non-hydrogen) atoms. The highest BCUT2D eigenvalue weighted by Gasteiger charge is 2.21. The standard InChI is InChI=1S/C25H23BrN2O/c26-22-7-9-24-21(14-22)15-25(29-24)23-8-6-20(16-27-23)19-10-12-28(13-11-19)17-18-4-2-1-3-5-18/h1-9,14-16,19H,10-13,17H2. The van der Waals surface area contributed by atoms with Crippen LogP contribution in [0, 0.1) is 0 Å². The fraction of sp³-hybridized carbons (Fsp3) is 0.240. The third kappa shape index (κ3) is 4.14. The predicted octanol–water partition coefficient (Wildman–Crippen LogP) is 6.64. The summed E-state index contributed by atoms with van der Waals surface area (Å²) in [7, 11) is 0. The summed E-state index contributed by atoms with van der Waals surface area (Å²) >= 11 is 3.51. The normalized spacial score (nSPS) is 15.8. The molecular weight excluding hydrogens is 424 g/mol. The minimum absolute atomic E-state index is 0.593. The van der Waals surface area contributed by atoms with Crippen molar-refractivity contribution in [3.63, 3.8) is 0 Å². The molecule has 1 fully saturated rings. The summed E-state index contributed by atoms with van der Waals surface area (Å²) in [5, 5.41) is 1.09. The minimum atomic E-state index is 0.593. The van der Waals surface area contributed by atoms with Crippen molar-refractivity contribution >= 4 is 26.9 Å². The topological polar surface area (TPSA) is 29.3 Å². The molecule has 2 aromatic heterocycles. The number of aromatic nitrogens is 1. The number of hydrogen-bond donors (Lipinski definition) is 0. The van der Waals surface area contributed by atoms with Crippen LogP contribution in [0.5, 0.6) is 0 Å². The van der Waals surface area contributed by atoms with Crippen LogP contribution >= 0.6 is 15.9 Å². The first-order valence-electron chi connectivity index (χ1n) is 10.2. The number of likely N-dealkylation sites (tertiary alicyclic amines) is 1. The number of furan rings is 1. The quantitative estimate of drug-likeness (QED) is 0.351. The molecule has 0 unspecified atom stereocenters. The Morgan fingerprint density at radius 1 is 0.966 bits per heavy atom. The van der Waals surface area contributed by atoms with Crippen molar-refractivity contribution in [2.45, 2.75) is 25.3 Å². The molecule has 0 aliphatic carbocycles. The van der Waals surface area contributed by atoms with Crippen molar-refractivity contribution in [2.24, 2.45) is 0 Å². The molecular formula is C25H23BrN2O. The zero-order valence-electron chi connectivity index (χ0n) is 16.2. The Morgan fingerprint density at radius 3 is 2.55 bits per heavy atom. The van der Waals surface area contributed by atoms with Gasteiger partial charge in [0.25, 0.3) is 0 Å². The highest BCUT2D eigenvalue weighted by molar-refractivity contribution is 9.10. The minimum Gasteiger partial charge on any atom is -0.454 e. The van der Waals surface area contributed by atoms with Crippen molar-refractivity contribution in [1.29, 1.82) is 0 Å². The van der Waals surface area contributed by atoms with Gasteiger partial charge in [-0.15, -0.1) is 0 Å². The van der Waals surface area contributed by atoms with E-state index in [2.05, 4.69) is 75.4 Å². The third-order valence-corrected chi connectivity index (χ3v) is 6.32. The molecule has 1 aliphatic rings. The highest BCUT2D eigenvalue weighted by atomic mass is 79.9. The van der Waals surface area contributed by atoms with Crippen LogP contribution in [-0.4, -0.2) is 23.0 Å². The molecule has 1 aliphatic heterocycles. The van der Waals surface area contributed by atoms with Gasteiger partial charge in [-0.2, -0.15) is 0 Å². The van der Waals surface area contributed by atoms with Gasteiger partial charge in [-0.3, -0.25) is 9.88 Å². The van der Waals surface area contributed by atoms with E-state index in [0.717, 1.165) is 46.5 Å². The van der Waals surface area contributed by atoms with E-state index in [0.29, 0.717) is 5.92 Å². The summed E-state index contributed by atoms with van der Waals surface area (Å²) in [4.78, 5) is 7.27. The van der Waals surface area contributed by atoms with Crippen LogP contribution in [-0.2, 0) is 6.54 Å². The van der Waals surface area contributed by atoms with Crippen LogP contribution in [0.2, 0.25) is 0 Å². The molecule has 0 saturated carbocycles. The number of hydrogen-bond acceptors (Lipinski definition) is 3. The Morgan fingerprint density at radius 2 is 1.79 bits per heavy atom. The van der Waals surface area contributed by atoms with E-state index in [4.69, 9.17) is 9.40 Å². The zero-order valence-corrected chi connectivity index (χ0v) is 17.8. The maximum atomic E-state index is 5.98. The van der Waals surface area contributed by atoms with E-state index < -0.39 is 0 Å². The Bertz CT molecular complexity index is 1100. The van der Waals surface area contributed by atoms with Gasteiger partial charge < -0.3 is 4.42 Å². The molecule has 0 amide bonds. The number of pyridine rings is 1. The Hall–Kier alpha value is -2.43. The number of benzene rings is 2. The second-order valence-corrected chi connectivity index (χ2v) is 8.72. The molecule has 1 saturated heterocycles. The van der Waals surface area contributed by atoms with Gasteiger partial charge in [0.15, 0.2) is 5.76 Å². The lowest BCUT2D eigenvalue weighted by molar-refractivity contribution is 0.204. The van der Waals surface area contributed by atoms with Crippen LogP contribution in [0.15, 0.2) is 81.8 Å². The molecule has 3 heterocycles. The molecule has 0 spiro atoms. The van der Waals surface area contributed by atoms with Crippen LogP contribution in [0.25, 0.3) is 22.4 Å². The van der Waals surface area contributed by atoms with Gasteiger partial charge in [0.1, 0.15) is 11.3 Å². The third-order valence-electron chi connectivity index (χ3n) is 5.83. The maximum absolute atomic E-state index is 5.98. The number of halogens is 1. The number of nitrogens with zero attached hydrogens (tertiary/aromatic N) is 2. The van der Waals surface area contributed by atoms with E-state index in [1.54, 1.807) is 0 Å². The average Bonchev–Trinajstić information content (AvgIpc) is 3.18. The van der Waals surface area contributed by atoms with Crippen molar-refractivity contribution in [3.8, 4) is 11.5 Å². The first-order chi connectivity index (χ1) is 14.2. The molecule has 4 heteroatoms. The summed E-state index contributed by atoms with van der Waals surface area (Å²) in [5.41, 5.74) is 4.52. The molecule has 3 nitrogen and oxygen atoms in total. The summed E-state index contributed by atoms with van der Waals surface area (Å²) in [5.74, 6) is 1.41. The second kappa shape index (κ2) is 8.13. The van der Waals surface area contributed by atoms with Crippen molar-refractivity contribution in [2.75, 3.05) is 13.1 Å². The molecule has 146 valence electrons. The van der Waals surface area contributed by atoms with Crippen molar-refractivity contribution < 1.29 is 4.42 Å². The Balaban J connectivity index is 1.24. The Labute approximate surface area is 179 Å². The van der Waals surface area contributed by atoms with Crippen LogP contribution in [0.3, 0.4) is 0 Å². The largest absolute Gasteiger partial charge is 0.454 e. The van der Waals surface area contributed by atoms with Gasteiger partial charge in [0.2, 0.25) is 0 Å². The number of rotatable bonds is 4. The van der Waals surface area contributed by atoms with Gasteiger partial charge in [0, 0.05) is 22.6 Å². The van der Waals surface area contributed by atoms with Crippen LogP contribution in [0.1, 0.15) is 29.9 Å². The van der Waals surface area contributed by atoms with Gasteiger partial charge >= 0.3 is 0 Å². The average molecular weight is 447 g/mol. The van der Waals surface area contributed by atoms with Crippen LogP contribution in [0.4, 0.5) is 0 Å². The van der Waals surface area contributed by atoms with Crippen LogP contribution < -0.4 is 0 Å². The maximum Gasteiger partial charge on any atom is 0.153 e. The van der Waals surface area contributed by atoms with E-state index in [9.17, 15) is 0 Å². The fourth-order valence-corrected chi connectivity index (χ4v) is 4.58. The smallest absolute Gasteiger partial charge is 0.153 e. The van der Waals surface area contributed by atoms with E-state index in [1.165, 1.54) is 24.0 Å². The molecule has 0 atom stereocenters. The molecule has 5 rings (SSSR count). The van der Waals surface area contributed by atoms with E-state index in [1.807, 2.05) is 18.3 Å². The fourth-order valence-electron chi connectivity index (χ4n) is 4.20. The summed E-state index contributed by atoms with van der Waals surface area (Å²) in [6.07, 6.45) is 4.41. The molecule has 0 N–H and O–H groups in total. The summed E-state index contributed by atoms with van der Waals surface area (Å²) < 4.78 is 7.03. The summed E-state index contributed by atoms with van der Waals surface area (Å²) in [6.45, 7) is 3.33. The summed E-state index contributed by atoms with van der Waals surface area (Å²) in [6, 6.07) is 23.2. The molecule has 4 aromatic rings. The lowest BCUT2D eigenvalue weighted by Crippen LogP contribution is -2.32. The first-order valence-corrected chi connectivity index (χ1v) is 11.0. The molecule has 0 bridgehead atoms. The van der Waals surface area contributed by atoms with Crippen molar-refractivity contribution in [3.05, 3.63) is 88.5 Å². The van der Waals surface area contributed by atoms with Gasteiger partial charge in [-0.1, -0.05) is 52.3 Å². The first kappa shape index (κ1) is 18.6. The monoisotopic (exact) mass is 446 g/mol. The number of piperidine rings is 1. The lowest BCUT2D eigenvalue weighted by Gasteiger charge is -2.32. The Kier molecular flexibility index (Phi) is 5.21. The van der Waals surface area contributed by atoms with Gasteiger partial charge in [0.05, 0.1) is 0 Å². The van der Waals surface area contributed by atoms with E-state index in [-0.39, 0.29) is 0 Å². The zero-order chi connectivity index (χ0) is 19.6. The van der Waals surface area contributed by atoms with E-state index >= 15 is 0 Å². The number of fused-ring (bicyclic) bond motifs is 1. The van der Waals surface area contributed by atoms with Crippen molar-refractivity contribution in [1.82, 2.24) is 9.88 Å². The second-order valence-electron chi connectivity index (χ2n) is 7.81. The lowest BCUT2D eigenvalue weighted by atomic mass is 9.90. The van der Waals surface area contributed by atoms with Gasteiger partial charge in [-0.05, 0) is 73.3 Å². The highest BCUT2D eigenvalue weighted by Crippen LogP contribution is 2.31. The van der Waals surface area contributed by atoms with Gasteiger partial charge in [-0.25, -0.2) is 0 Å². The SMILES string of the molecule is Brc1ccc2oc(-c3ccc(C4CCN(Cc5ccccc5)CC4)cn3)cc2c1. The molecule has 2 aromatic carbocycles.